The molecule has 0 aliphatic heterocycles. The Morgan fingerprint density at radius 3 is 2.85 bits per heavy atom. The maximum Gasteiger partial charge on any atom is 0.282 e. The number of rotatable bonds is 5. The van der Waals surface area contributed by atoms with E-state index in [9.17, 15) is 4.79 Å². The minimum atomic E-state index is -0.210. The molecule has 0 atom stereocenters. The van der Waals surface area contributed by atoms with Crippen LogP contribution in [0.2, 0.25) is 0 Å². The van der Waals surface area contributed by atoms with Gasteiger partial charge in [0.2, 0.25) is 0 Å². The van der Waals surface area contributed by atoms with Crippen molar-refractivity contribution in [1.82, 2.24) is 20.0 Å². The SMILES string of the molecule is C=CCN(C(=O)c1cnn(-c2ccccc2)n1)c1nc2c(s1)CCCC2. The molecule has 26 heavy (non-hydrogen) atoms. The molecular weight excluding hydrogens is 346 g/mol. The molecule has 2 heterocycles. The second kappa shape index (κ2) is 7.21. The molecule has 0 bridgehead atoms. The summed E-state index contributed by atoms with van der Waals surface area (Å²) in [6, 6.07) is 9.53. The van der Waals surface area contributed by atoms with Crippen molar-refractivity contribution >= 4 is 22.4 Å². The summed E-state index contributed by atoms with van der Waals surface area (Å²) in [6.45, 7) is 4.17. The van der Waals surface area contributed by atoms with Crippen molar-refractivity contribution < 1.29 is 4.79 Å². The first-order valence-electron chi connectivity index (χ1n) is 8.65. The Balaban J connectivity index is 1.63. The Morgan fingerprint density at radius 2 is 2.08 bits per heavy atom. The zero-order valence-corrected chi connectivity index (χ0v) is 15.2. The van der Waals surface area contributed by atoms with Crippen LogP contribution in [0.1, 0.15) is 33.9 Å². The van der Waals surface area contributed by atoms with Crippen LogP contribution in [0.5, 0.6) is 0 Å². The van der Waals surface area contributed by atoms with Crippen LogP contribution in [0, 0.1) is 0 Å². The summed E-state index contributed by atoms with van der Waals surface area (Å²) >= 11 is 1.60. The predicted octanol–water partition coefficient (Wildman–Crippen LogP) is 3.44. The summed E-state index contributed by atoms with van der Waals surface area (Å²) in [5.41, 5.74) is 2.24. The van der Waals surface area contributed by atoms with Gasteiger partial charge in [-0.2, -0.15) is 9.90 Å². The third-order valence-electron chi connectivity index (χ3n) is 4.32. The second-order valence-corrected chi connectivity index (χ2v) is 7.19. The Kier molecular flexibility index (Phi) is 4.62. The Morgan fingerprint density at radius 1 is 1.27 bits per heavy atom. The third kappa shape index (κ3) is 3.17. The molecule has 0 spiro atoms. The molecule has 4 rings (SSSR count). The molecule has 0 saturated carbocycles. The van der Waals surface area contributed by atoms with E-state index in [4.69, 9.17) is 4.98 Å². The van der Waals surface area contributed by atoms with Gasteiger partial charge in [-0.25, -0.2) is 4.98 Å². The lowest BCUT2D eigenvalue weighted by Crippen LogP contribution is -2.31. The van der Waals surface area contributed by atoms with Gasteiger partial charge >= 0.3 is 0 Å². The topological polar surface area (TPSA) is 63.9 Å². The van der Waals surface area contributed by atoms with Crippen LogP contribution in [-0.4, -0.2) is 32.4 Å². The van der Waals surface area contributed by atoms with Gasteiger partial charge in [0.15, 0.2) is 10.8 Å². The largest absolute Gasteiger partial charge is 0.282 e. The van der Waals surface area contributed by atoms with E-state index in [0.717, 1.165) is 35.8 Å². The molecule has 1 aromatic carbocycles. The lowest BCUT2D eigenvalue weighted by atomic mass is 10.0. The number of benzene rings is 1. The molecule has 132 valence electrons. The van der Waals surface area contributed by atoms with E-state index < -0.39 is 0 Å². The number of aryl methyl sites for hydroxylation is 2. The van der Waals surface area contributed by atoms with Gasteiger partial charge in [0.25, 0.3) is 5.91 Å². The average Bonchev–Trinajstić information content (AvgIpc) is 3.33. The summed E-state index contributed by atoms with van der Waals surface area (Å²) in [4.78, 5) is 22.1. The van der Waals surface area contributed by atoms with Crippen molar-refractivity contribution in [2.45, 2.75) is 25.7 Å². The smallest absolute Gasteiger partial charge is 0.279 e. The molecular formula is C19H19N5OS. The first-order chi connectivity index (χ1) is 12.8. The van der Waals surface area contributed by atoms with Crippen LogP contribution in [0.3, 0.4) is 0 Å². The van der Waals surface area contributed by atoms with Gasteiger partial charge in [-0.05, 0) is 37.8 Å². The molecule has 6 nitrogen and oxygen atoms in total. The van der Waals surface area contributed by atoms with E-state index in [1.54, 1.807) is 22.3 Å². The minimum Gasteiger partial charge on any atom is -0.279 e. The number of fused-ring (bicyclic) bond motifs is 1. The van der Waals surface area contributed by atoms with Gasteiger partial charge in [-0.15, -0.1) is 23.0 Å². The summed E-state index contributed by atoms with van der Waals surface area (Å²) in [6.07, 6.45) is 7.60. The fraction of sp³-hybridized carbons (Fsp3) is 0.263. The van der Waals surface area contributed by atoms with E-state index in [-0.39, 0.29) is 5.91 Å². The number of thiazole rings is 1. The fourth-order valence-corrected chi connectivity index (χ4v) is 4.17. The highest BCUT2D eigenvalue weighted by atomic mass is 32.1. The van der Waals surface area contributed by atoms with E-state index in [1.165, 1.54) is 22.3 Å². The Hall–Kier alpha value is -2.80. The van der Waals surface area contributed by atoms with Gasteiger partial charge in [0.05, 0.1) is 17.6 Å². The summed E-state index contributed by atoms with van der Waals surface area (Å²) < 4.78 is 0. The number of anilines is 1. The van der Waals surface area contributed by atoms with Gasteiger partial charge in [-0.1, -0.05) is 24.3 Å². The lowest BCUT2D eigenvalue weighted by molar-refractivity contribution is 0.0984. The minimum absolute atomic E-state index is 0.210. The van der Waals surface area contributed by atoms with Crippen molar-refractivity contribution in [1.29, 1.82) is 0 Å². The zero-order chi connectivity index (χ0) is 17.9. The molecule has 7 heteroatoms. The van der Waals surface area contributed by atoms with E-state index >= 15 is 0 Å². The lowest BCUT2D eigenvalue weighted by Gasteiger charge is -2.16. The number of carbonyl (C=O) groups excluding carboxylic acids is 1. The van der Waals surface area contributed by atoms with E-state index in [0.29, 0.717) is 12.2 Å². The fourth-order valence-electron chi connectivity index (χ4n) is 3.02. The molecule has 1 aliphatic carbocycles. The normalized spacial score (nSPS) is 13.2. The predicted molar refractivity (Wildman–Crippen MR) is 102 cm³/mol. The number of hydrogen-bond donors (Lipinski definition) is 0. The standard InChI is InChI=1S/C19H19N5OS/c1-2-12-23(19-21-15-10-6-7-11-17(15)26-19)18(25)16-13-20-24(22-16)14-8-4-3-5-9-14/h2-5,8-9,13H,1,6-7,10-12H2. The van der Waals surface area contributed by atoms with Gasteiger partial charge in [-0.3, -0.25) is 9.69 Å². The number of hydrogen-bond acceptors (Lipinski definition) is 5. The van der Waals surface area contributed by atoms with Crippen molar-refractivity contribution in [3.8, 4) is 5.69 Å². The summed E-state index contributed by atoms with van der Waals surface area (Å²) in [5, 5.41) is 9.29. The summed E-state index contributed by atoms with van der Waals surface area (Å²) in [7, 11) is 0. The molecule has 1 aliphatic rings. The second-order valence-electron chi connectivity index (χ2n) is 6.13. The molecule has 0 radical (unpaired) electrons. The molecule has 0 unspecified atom stereocenters. The van der Waals surface area contributed by atoms with E-state index in [1.807, 2.05) is 30.3 Å². The Bertz CT molecular complexity index is 907. The highest BCUT2D eigenvalue weighted by Gasteiger charge is 2.25. The molecule has 0 fully saturated rings. The maximum atomic E-state index is 13.0. The Labute approximate surface area is 155 Å². The number of aromatic nitrogens is 4. The van der Waals surface area contributed by atoms with Crippen LogP contribution in [0.4, 0.5) is 5.13 Å². The monoisotopic (exact) mass is 365 g/mol. The van der Waals surface area contributed by atoms with Gasteiger partial charge in [0, 0.05) is 11.4 Å². The first kappa shape index (κ1) is 16.7. The average molecular weight is 365 g/mol. The van der Waals surface area contributed by atoms with Gasteiger partial charge in [0.1, 0.15) is 0 Å². The van der Waals surface area contributed by atoms with Crippen molar-refractivity contribution in [2.75, 3.05) is 11.4 Å². The molecule has 1 amide bonds. The third-order valence-corrected chi connectivity index (χ3v) is 5.50. The zero-order valence-electron chi connectivity index (χ0n) is 14.3. The van der Waals surface area contributed by atoms with Gasteiger partial charge < -0.3 is 0 Å². The highest BCUT2D eigenvalue weighted by molar-refractivity contribution is 7.16. The number of amides is 1. The quantitative estimate of drug-likeness (QED) is 0.650. The number of nitrogens with zero attached hydrogens (tertiary/aromatic N) is 5. The van der Waals surface area contributed by atoms with E-state index in [2.05, 4.69) is 16.8 Å². The van der Waals surface area contributed by atoms with Crippen molar-refractivity contribution in [3.63, 3.8) is 0 Å². The summed E-state index contributed by atoms with van der Waals surface area (Å²) in [5.74, 6) is -0.210. The van der Waals surface area contributed by atoms with Crippen LogP contribution in [0.15, 0.2) is 49.2 Å². The maximum absolute atomic E-state index is 13.0. The van der Waals surface area contributed by atoms with Crippen LogP contribution in [0.25, 0.3) is 5.69 Å². The first-order valence-corrected chi connectivity index (χ1v) is 9.47. The molecule has 0 N–H and O–H groups in total. The van der Waals surface area contributed by atoms with Crippen LogP contribution >= 0.6 is 11.3 Å². The molecule has 2 aromatic heterocycles. The van der Waals surface area contributed by atoms with Crippen LogP contribution in [-0.2, 0) is 12.8 Å². The van der Waals surface area contributed by atoms with Crippen LogP contribution < -0.4 is 4.90 Å². The van der Waals surface area contributed by atoms with Crippen molar-refractivity contribution in [2.24, 2.45) is 0 Å². The number of carbonyl (C=O) groups is 1. The number of para-hydroxylation sites is 1. The highest BCUT2D eigenvalue weighted by Crippen LogP contribution is 2.32. The van der Waals surface area contributed by atoms with Crippen molar-refractivity contribution in [3.05, 3.63) is 65.4 Å². The molecule has 0 saturated heterocycles. The molecule has 3 aromatic rings.